The number of hydrogen-bond acceptors (Lipinski definition) is 3. The highest BCUT2D eigenvalue weighted by Crippen LogP contribution is 2.37. The van der Waals surface area contributed by atoms with Crippen LogP contribution in [0.5, 0.6) is 0 Å². The van der Waals surface area contributed by atoms with Crippen LogP contribution in [0.1, 0.15) is 56.9 Å². The third kappa shape index (κ3) is 5.07. The lowest BCUT2D eigenvalue weighted by Crippen LogP contribution is -2.29. The van der Waals surface area contributed by atoms with Crippen molar-refractivity contribution in [2.45, 2.75) is 57.9 Å². The summed E-state index contributed by atoms with van der Waals surface area (Å²) in [6, 6.07) is 10.6. The summed E-state index contributed by atoms with van der Waals surface area (Å²) in [5, 5.41) is 0. The molecular formula is C22H33NO2. The molecule has 3 heteroatoms. The molecule has 25 heavy (non-hydrogen) atoms. The zero-order valence-corrected chi connectivity index (χ0v) is 15.7. The van der Waals surface area contributed by atoms with Gasteiger partial charge in [0, 0.05) is 19.6 Å². The van der Waals surface area contributed by atoms with Crippen molar-refractivity contribution in [2.75, 3.05) is 20.2 Å². The van der Waals surface area contributed by atoms with Crippen LogP contribution in [0.15, 0.2) is 30.3 Å². The van der Waals surface area contributed by atoms with Crippen LogP contribution in [0.3, 0.4) is 0 Å². The minimum absolute atomic E-state index is 0.000401. The summed E-state index contributed by atoms with van der Waals surface area (Å²) >= 11 is 0. The minimum Gasteiger partial charge on any atom is -0.469 e. The molecule has 0 aromatic heterocycles. The highest BCUT2D eigenvalue weighted by molar-refractivity contribution is 5.73. The molecule has 1 aromatic rings. The van der Waals surface area contributed by atoms with Gasteiger partial charge in [-0.15, -0.1) is 0 Å². The number of carbonyl (C=O) groups is 1. The molecule has 0 spiro atoms. The van der Waals surface area contributed by atoms with Gasteiger partial charge in [-0.2, -0.15) is 0 Å². The molecule has 3 rings (SSSR count). The van der Waals surface area contributed by atoms with E-state index in [1.165, 1.54) is 56.9 Å². The summed E-state index contributed by atoms with van der Waals surface area (Å²) in [4.78, 5) is 14.9. The van der Waals surface area contributed by atoms with Gasteiger partial charge in [0.25, 0.3) is 0 Å². The van der Waals surface area contributed by atoms with Crippen LogP contribution in [-0.2, 0) is 16.1 Å². The molecule has 2 fully saturated rings. The smallest absolute Gasteiger partial charge is 0.310 e. The van der Waals surface area contributed by atoms with Crippen molar-refractivity contribution in [3.63, 3.8) is 0 Å². The fourth-order valence-electron chi connectivity index (χ4n) is 4.86. The van der Waals surface area contributed by atoms with E-state index in [4.69, 9.17) is 4.74 Å². The Hall–Kier alpha value is -1.35. The lowest BCUT2D eigenvalue weighted by molar-refractivity contribution is -0.147. The zero-order chi connectivity index (χ0) is 17.5. The van der Waals surface area contributed by atoms with Crippen LogP contribution in [0.4, 0.5) is 0 Å². The van der Waals surface area contributed by atoms with E-state index in [0.29, 0.717) is 11.8 Å². The highest BCUT2D eigenvalue weighted by atomic mass is 16.5. The Kier molecular flexibility index (Phi) is 6.92. The normalized spacial score (nSPS) is 26.6. The van der Waals surface area contributed by atoms with Gasteiger partial charge in [0.15, 0.2) is 0 Å². The van der Waals surface area contributed by atoms with Gasteiger partial charge in [0.1, 0.15) is 0 Å². The first kappa shape index (κ1) is 18.4. The van der Waals surface area contributed by atoms with Gasteiger partial charge in [0.2, 0.25) is 0 Å². The fourth-order valence-corrected chi connectivity index (χ4v) is 4.86. The van der Waals surface area contributed by atoms with Crippen molar-refractivity contribution in [3.8, 4) is 0 Å². The Morgan fingerprint density at radius 1 is 1.00 bits per heavy atom. The zero-order valence-electron chi connectivity index (χ0n) is 15.7. The van der Waals surface area contributed by atoms with E-state index in [1.54, 1.807) is 7.11 Å². The summed E-state index contributed by atoms with van der Waals surface area (Å²) in [5.41, 5.74) is 1.33. The van der Waals surface area contributed by atoms with E-state index in [9.17, 15) is 4.79 Å². The Balaban J connectivity index is 1.69. The van der Waals surface area contributed by atoms with Crippen LogP contribution < -0.4 is 0 Å². The molecule has 1 aromatic carbocycles. The van der Waals surface area contributed by atoms with Crippen molar-refractivity contribution < 1.29 is 9.53 Å². The van der Waals surface area contributed by atoms with Crippen molar-refractivity contribution >= 4 is 5.97 Å². The monoisotopic (exact) mass is 343 g/mol. The largest absolute Gasteiger partial charge is 0.469 e. The van der Waals surface area contributed by atoms with E-state index in [1.807, 2.05) is 0 Å². The Morgan fingerprint density at radius 3 is 2.28 bits per heavy atom. The minimum atomic E-state index is 0.000401. The van der Waals surface area contributed by atoms with Crippen LogP contribution >= 0.6 is 0 Å². The van der Waals surface area contributed by atoms with Gasteiger partial charge in [-0.25, -0.2) is 0 Å². The van der Waals surface area contributed by atoms with Crippen molar-refractivity contribution in [1.82, 2.24) is 4.90 Å². The molecule has 1 saturated carbocycles. The maximum Gasteiger partial charge on any atom is 0.310 e. The van der Waals surface area contributed by atoms with Crippen LogP contribution in [0.25, 0.3) is 0 Å². The van der Waals surface area contributed by atoms with Crippen molar-refractivity contribution in [1.29, 1.82) is 0 Å². The molecule has 1 heterocycles. The number of ether oxygens (including phenoxy) is 1. The fraction of sp³-hybridized carbons (Fsp3) is 0.682. The Morgan fingerprint density at radius 2 is 1.64 bits per heavy atom. The highest BCUT2D eigenvalue weighted by Gasteiger charge is 2.41. The molecule has 2 atom stereocenters. The van der Waals surface area contributed by atoms with Crippen LogP contribution in [0, 0.1) is 17.8 Å². The molecule has 3 nitrogen and oxygen atoms in total. The molecule has 138 valence electrons. The molecule has 1 aliphatic heterocycles. The molecular weight excluding hydrogens is 310 g/mol. The second-order valence-corrected chi connectivity index (χ2v) is 7.93. The van der Waals surface area contributed by atoms with Crippen LogP contribution in [0.2, 0.25) is 0 Å². The van der Waals surface area contributed by atoms with E-state index in [2.05, 4.69) is 35.2 Å². The van der Waals surface area contributed by atoms with Gasteiger partial charge >= 0.3 is 5.97 Å². The molecule has 0 amide bonds. The second-order valence-electron chi connectivity index (χ2n) is 7.93. The average Bonchev–Trinajstić information content (AvgIpc) is 3.10. The van der Waals surface area contributed by atoms with E-state index >= 15 is 0 Å². The lowest BCUT2D eigenvalue weighted by Gasteiger charge is -2.27. The summed E-state index contributed by atoms with van der Waals surface area (Å²) in [5.74, 6) is 1.21. The average molecular weight is 344 g/mol. The summed E-state index contributed by atoms with van der Waals surface area (Å²) in [6.45, 7) is 2.83. The molecule has 0 N–H and O–H groups in total. The van der Waals surface area contributed by atoms with Gasteiger partial charge < -0.3 is 4.74 Å². The molecule has 1 aliphatic carbocycles. The van der Waals surface area contributed by atoms with Gasteiger partial charge in [-0.1, -0.05) is 81.7 Å². The number of methoxy groups -OCH3 is 1. The third-order valence-electron chi connectivity index (χ3n) is 6.20. The van der Waals surface area contributed by atoms with Crippen molar-refractivity contribution in [2.24, 2.45) is 17.8 Å². The predicted octanol–water partition coefficient (Wildman–Crippen LogP) is 4.66. The second kappa shape index (κ2) is 9.38. The molecule has 0 bridgehead atoms. The van der Waals surface area contributed by atoms with E-state index < -0.39 is 0 Å². The number of rotatable bonds is 4. The predicted molar refractivity (Wildman–Crippen MR) is 101 cm³/mol. The van der Waals surface area contributed by atoms with E-state index in [0.717, 1.165) is 19.6 Å². The quantitative estimate of drug-likeness (QED) is 0.745. The topological polar surface area (TPSA) is 29.5 Å². The Labute approximate surface area is 152 Å². The molecule has 2 unspecified atom stereocenters. The maximum atomic E-state index is 12.4. The number of esters is 1. The Bertz CT molecular complexity index is 520. The molecule has 2 aliphatic rings. The van der Waals surface area contributed by atoms with Gasteiger partial charge in [-0.05, 0) is 17.4 Å². The standard InChI is InChI=1S/C22H33NO2/c1-25-22(24)21-17-23(15-18-11-7-6-8-12-18)16-20(21)19-13-9-4-2-3-5-10-14-19/h6-8,11-12,19-21H,2-5,9-10,13-17H2,1H3. The number of carbonyl (C=O) groups excluding carboxylic acids is 1. The maximum absolute atomic E-state index is 12.4. The molecule has 0 radical (unpaired) electrons. The number of benzene rings is 1. The van der Waals surface area contributed by atoms with Gasteiger partial charge in [-0.3, -0.25) is 9.69 Å². The first-order valence-corrected chi connectivity index (χ1v) is 10.1. The number of nitrogens with zero attached hydrogens (tertiary/aromatic N) is 1. The number of likely N-dealkylation sites (tertiary alicyclic amines) is 1. The van der Waals surface area contributed by atoms with Crippen LogP contribution in [-0.4, -0.2) is 31.1 Å². The van der Waals surface area contributed by atoms with Gasteiger partial charge in [0.05, 0.1) is 13.0 Å². The molecule has 1 saturated heterocycles. The summed E-state index contributed by atoms with van der Waals surface area (Å²) in [6.07, 6.45) is 10.7. The number of hydrogen-bond donors (Lipinski definition) is 0. The summed E-state index contributed by atoms with van der Waals surface area (Å²) < 4.78 is 5.17. The first-order chi connectivity index (χ1) is 12.3. The van der Waals surface area contributed by atoms with Crippen molar-refractivity contribution in [3.05, 3.63) is 35.9 Å². The van der Waals surface area contributed by atoms with E-state index in [-0.39, 0.29) is 11.9 Å². The first-order valence-electron chi connectivity index (χ1n) is 10.1. The SMILES string of the molecule is COC(=O)C1CN(Cc2ccccc2)CC1C1CCCCCCCC1. The lowest BCUT2D eigenvalue weighted by atomic mass is 9.78. The third-order valence-corrected chi connectivity index (χ3v) is 6.20. The summed E-state index contributed by atoms with van der Waals surface area (Å²) in [7, 11) is 1.54.